The normalized spacial score (nSPS) is 24.0. The van der Waals surface area contributed by atoms with E-state index >= 15 is 0 Å². The van der Waals surface area contributed by atoms with Gasteiger partial charge in [-0.15, -0.1) is 0 Å². The molecule has 0 aliphatic carbocycles. The number of nitrogens with one attached hydrogen (secondary N) is 1. The summed E-state index contributed by atoms with van der Waals surface area (Å²) in [6.45, 7) is 5.53. The molecule has 0 spiro atoms. The fourth-order valence-electron chi connectivity index (χ4n) is 3.43. The molecule has 0 bridgehead atoms. The topological polar surface area (TPSA) is 95.0 Å². The van der Waals surface area contributed by atoms with Crippen LogP contribution in [0.1, 0.15) is 13.3 Å². The van der Waals surface area contributed by atoms with Crippen LogP contribution in [-0.2, 0) is 9.53 Å². The minimum Gasteiger partial charge on any atom is -0.481 e. The highest BCUT2D eigenvalue weighted by Crippen LogP contribution is 2.26. The fraction of sp³-hybridized carbons (Fsp3) is 0.588. The first kappa shape index (κ1) is 17.5. The third kappa shape index (κ3) is 4.19. The molecule has 0 saturated carbocycles. The molecule has 2 fully saturated rings. The number of amides is 2. The van der Waals surface area contributed by atoms with Crippen LogP contribution in [0.2, 0.25) is 0 Å². The van der Waals surface area contributed by atoms with E-state index in [2.05, 4.69) is 15.2 Å². The number of ether oxygens (including phenoxy) is 1. The van der Waals surface area contributed by atoms with Gasteiger partial charge in [0, 0.05) is 32.4 Å². The number of urea groups is 1. The number of hydrogen-bond acceptors (Lipinski definition) is 5. The lowest BCUT2D eigenvalue weighted by atomic mass is 9.91. The van der Waals surface area contributed by atoms with Crippen LogP contribution in [-0.4, -0.2) is 66.4 Å². The number of likely N-dealkylation sites (tertiary alicyclic amines) is 1. The van der Waals surface area contributed by atoms with Gasteiger partial charge in [0.15, 0.2) is 5.82 Å². The Kier molecular flexibility index (Phi) is 5.37. The number of aliphatic carboxylic acids is 1. The number of carbonyl (C=O) groups is 2. The van der Waals surface area contributed by atoms with E-state index < -0.39 is 11.9 Å². The van der Waals surface area contributed by atoms with Crippen molar-refractivity contribution in [3.63, 3.8) is 0 Å². The van der Waals surface area contributed by atoms with E-state index in [1.54, 1.807) is 11.1 Å². The molecule has 136 valence electrons. The van der Waals surface area contributed by atoms with Crippen molar-refractivity contribution in [2.75, 3.05) is 49.6 Å². The van der Waals surface area contributed by atoms with Crippen molar-refractivity contribution in [2.24, 2.45) is 11.8 Å². The van der Waals surface area contributed by atoms with Crippen LogP contribution < -0.4 is 10.2 Å². The number of nitrogens with zero attached hydrogens (tertiary/aromatic N) is 3. The quantitative estimate of drug-likeness (QED) is 0.859. The summed E-state index contributed by atoms with van der Waals surface area (Å²) in [5, 5.41) is 12.1. The first-order valence-electron chi connectivity index (χ1n) is 8.61. The first-order chi connectivity index (χ1) is 12.0. The molecule has 3 rings (SSSR count). The van der Waals surface area contributed by atoms with Gasteiger partial charge in [0.05, 0.1) is 24.8 Å². The molecule has 2 saturated heterocycles. The molecule has 2 atom stereocenters. The highest BCUT2D eigenvalue weighted by atomic mass is 16.5. The van der Waals surface area contributed by atoms with Gasteiger partial charge in [0.25, 0.3) is 0 Å². The van der Waals surface area contributed by atoms with E-state index in [4.69, 9.17) is 4.74 Å². The van der Waals surface area contributed by atoms with Gasteiger partial charge in [-0.1, -0.05) is 6.92 Å². The molecule has 2 aliphatic heterocycles. The minimum absolute atomic E-state index is 0.156. The molecular formula is C17H24N4O4. The largest absolute Gasteiger partial charge is 0.481 e. The molecular weight excluding hydrogens is 324 g/mol. The summed E-state index contributed by atoms with van der Waals surface area (Å²) in [6.07, 6.45) is 2.24. The molecule has 2 aliphatic rings. The fourth-order valence-corrected chi connectivity index (χ4v) is 3.43. The molecule has 1 aromatic heterocycles. The molecule has 0 radical (unpaired) electrons. The third-order valence-corrected chi connectivity index (χ3v) is 4.66. The third-order valence-electron chi connectivity index (χ3n) is 4.66. The predicted octanol–water partition coefficient (Wildman–Crippen LogP) is 1.49. The van der Waals surface area contributed by atoms with Gasteiger partial charge in [-0.2, -0.15) is 0 Å². The highest BCUT2D eigenvalue weighted by molar-refractivity contribution is 5.92. The zero-order chi connectivity index (χ0) is 17.8. The number of carbonyl (C=O) groups excluding carboxylic acids is 1. The molecule has 0 aromatic carbocycles. The van der Waals surface area contributed by atoms with Gasteiger partial charge in [0.2, 0.25) is 0 Å². The number of anilines is 2. The number of pyridine rings is 1. The lowest BCUT2D eigenvalue weighted by Gasteiger charge is -2.35. The molecule has 2 N–H and O–H groups in total. The lowest BCUT2D eigenvalue weighted by molar-refractivity contribution is -0.143. The summed E-state index contributed by atoms with van der Waals surface area (Å²) in [5.41, 5.74) is 0.860. The van der Waals surface area contributed by atoms with E-state index in [9.17, 15) is 14.7 Å². The van der Waals surface area contributed by atoms with E-state index in [1.165, 1.54) is 0 Å². The van der Waals surface area contributed by atoms with Crippen molar-refractivity contribution in [2.45, 2.75) is 13.3 Å². The summed E-state index contributed by atoms with van der Waals surface area (Å²) >= 11 is 0. The Hall–Kier alpha value is -2.35. The molecule has 1 aromatic rings. The van der Waals surface area contributed by atoms with Crippen LogP contribution in [0.5, 0.6) is 0 Å². The summed E-state index contributed by atoms with van der Waals surface area (Å²) in [4.78, 5) is 32.0. The Morgan fingerprint density at radius 3 is 2.80 bits per heavy atom. The maximum absolute atomic E-state index is 12.7. The molecule has 2 amide bonds. The number of hydrogen-bond donors (Lipinski definition) is 2. The second-order valence-electron chi connectivity index (χ2n) is 6.68. The summed E-state index contributed by atoms with van der Waals surface area (Å²) in [6, 6.07) is 3.46. The van der Waals surface area contributed by atoms with Crippen LogP contribution in [0.4, 0.5) is 16.3 Å². The molecule has 25 heavy (non-hydrogen) atoms. The number of carboxylic acids is 1. The van der Waals surface area contributed by atoms with E-state index in [1.807, 2.05) is 19.1 Å². The van der Waals surface area contributed by atoms with Crippen molar-refractivity contribution in [3.8, 4) is 0 Å². The zero-order valence-corrected chi connectivity index (χ0v) is 14.4. The summed E-state index contributed by atoms with van der Waals surface area (Å²) in [7, 11) is 0. The summed E-state index contributed by atoms with van der Waals surface area (Å²) < 4.78 is 5.37. The number of aromatic nitrogens is 1. The van der Waals surface area contributed by atoms with Crippen LogP contribution in [0.15, 0.2) is 18.3 Å². The van der Waals surface area contributed by atoms with Gasteiger partial charge >= 0.3 is 12.0 Å². The molecule has 8 nitrogen and oxygen atoms in total. The van der Waals surface area contributed by atoms with Crippen LogP contribution >= 0.6 is 0 Å². The zero-order valence-electron chi connectivity index (χ0n) is 14.4. The Morgan fingerprint density at radius 1 is 1.32 bits per heavy atom. The van der Waals surface area contributed by atoms with Crippen molar-refractivity contribution >= 4 is 23.5 Å². The second-order valence-corrected chi connectivity index (χ2v) is 6.68. The average Bonchev–Trinajstić information content (AvgIpc) is 2.62. The molecule has 2 unspecified atom stereocenters. The van der Waals surface area contributed by atoms with Crippen molar-refractivity contribution in [3.05, 3.63) is 18.3 Å². The number of morpholine rings is 1. The van der Waals surface area contributed by atoms with Crippen LogP contribution in [0, 0.1) is 11.8 Å². The maximum Gasteiger partial charge on any atom is 0.323 e. The van der Waals surface area contributed by atoms with E-state index in [0.717, 1.165) is 18.8 Å². The van der Waals surface area contributed by atoms with Gasteiger partial charge in [0.1, 0.15) is 0 Å². The first-order valence-corrected chi connectivity index (χ1v) is 8.61. The van der Waals surface area contributed by atoms with E-state index in [-0.39, 0.29) is 18.5 Å². The maximum atomic E-state index is 12.7. The van der Waals surface area contributed by atoms with Crippen molar-refractivity contribution in [1.29, 1.82) is 0 Å². The monoisotopic (exact) mass is 348 g/mol. The smallest absolute Gasteiger partial charge is 0.323 e. The Balaban J connectivity index is 1.71. The van der Waals surface area contributed by atoms with Gasteiger partial charge < -0.3 is 19.6 Å². The molecule has 8 heteroatoms. The standard InChI is InChI=1S/C17H24N4O4/c1-12-9-13(16(22)23)11-21(10-12)17(24)19-15-14(3-2-4-18-15)20-5-7-25-8-6-20/h2-4,12-13H,5-11H2,1H3,(H,22,23)(H,18,19,24). The highest BCUT2D eigenvalue weighted by Gasteiger charge is 2.32. The van der Waals surface area contributed by atoms with Crippen LogP contribution in [0.3, 0.4) is 0 Å². The Bertz CT molecular complexity index is 633. The second kappa shape index (κ2) is 7.69. The van der Waals surface area contributed by atoms with Crippen molar-refractivity contribution in [1.82, 2.24) is 9.88 Å². The molecule has 3 heterocycles. The number of rotatable bonds is 3. The average molecular weight is 348 g/mol. The number of carboxylic acid groups (broad SMARTS) is 1. The van der Waals surface area contributed by atoms with Gasteiger partial charge in [-0.05, 0) is 24.5 Å². The lowest BCUT2D eigenvalue weighted by Crippen LogP contribution is -2.47. The minimum atomic E-state index is -0.851. The number of piperidine rings is 1. The SMILES string of the molecule is CC1CC(C(=O)O)CN(C(=O)Nc2ncccc2N2CCOCC2)C1. The van der Waals surface area contributed by atoms with Gasteiger partial charge in [-0.25, -0.2) is 9.78 Å². The summed E-state index contributed by atoms with van der Waals surface area (Å²) in [5.74, 6) is -0.712. The van der Waals surface area contributed by atoms with Crippen molar-refractivity contribution < 1.29 is 19.4 Å². The van der Waals surface area contributed by atoms with E-state index in [0.29, 0.717) is 32.0 Å². The Labute approximate surface area is 146 Å². The van der Waals surface area contributed by atoms with Gasteiger partial charge in [-0.3, -0.25) is 10.1 Å². The Morgan fingerprint density at radius 2 is 2.08 bits per heavy atom. The van der Waals surface area contributed by atoms with Crippen LogP contribution in [0.25, 0.3) is 0 Å². The predicted molar refractivity (Wildman–Crippen MR) is 92.8 cm³/mol.